The maximum atomic E-state index is 12.1. The van der Waals surface area contributed by atoms with Gasteiger partial charge in [-0.05, 0) is 26.0 Å². The fraction of sp³-hybridized carbons (Fsp3) is 0.400. The van der Waals surface area contributed by atoms with Gasteiger partial charge in [-0.15, -0.1) is 35.3 Å². The van der Waals surface area contributed by atoms with Gasteiger partial charge in [0.1, 0.15) is 4.90 Å². The first-order valence-corrected chi connectivity index (χ1v) is 9.99. The van der Waals surface area contributed by atoms with Gasteiger partial charge in [0.05, 0.1) is 17.2 Å². The van der Waals surface area contributed by atoms with E-state index in [0.717, 1.165) is 15.6 Å². The zero-order chi connectivity index (χ0) is 18.3. The minimum atomic E-state index is -3.54. The van der Waals surface area contributed by atoms with Crippen LogP contribution in [0.15, 0.2) is 34.4 Å². The summed E-state index contributed by atoms with van der Waals surface area (Å²) in [7, 11) is -1.88. The number of hydrogen-bond acceptors (Lipinski definition) is 6. The third-order valence-corrected chi connectivity index (χ3v) is 5.81. The van der Waals surface area contributed by atoms with E-state index in [1.54, 1.807) is 24.5 Å². The average Bonchev–Trinajstić information content (AvgIpc) is 2.92. The summed E-state index contributed by atoms with van der Waals surface area (Å²) in [5, 5.41) is 7.29. The summed E-state index contributed by atoms with van der Waals surface area (Å²) in [5.74, 6) is 0.603. The molecule has 0 spiro atoms. The van der Waals surface area contributed by atoms with E-state index in [0.29, 0.717) is 19.0 Å². The van der Waals surface area contributed by atoms with Gasteiger partial charge in [0.15, 0.2) is 5.96 Å². The zero-order valence-electron chi connectivity index (χ0n) is 14.8. The van der Waals surface area contributed by atoms with Crippen molar-refractivity contribution in [2.24, 2.45) is 4.99 Å². The van der Waals surface area contributed by atoms with Crippen molar-refractivity contribution < 1.29 is 8.42 Å². The lowest BCUT2D eigenvalue weighted by molar-refractivity contribution is 0.580. The second kappa shape index (κ2) is 10.7. The van der Waals surface area contributed by atoms with Crippen LogP contribution in [0.2, 0.25) is 0 Å². The van der Waals surface area contributed by atoms with Crippen molar-refractivity contribution in [2.75, 3.05) is 20.1 Å². The number of halogens is 1. The number of nitrogens with one attached hydrogen (secondary N) is 3. The lowest BCUT2D eigenvalue weighted by Crippen LogP contribution is -2.41. The van der Waals surface area contributed by atoms with Gasteiger partial charge >= 0.3 is 0 Å². The molecule has 0 bridgehead atoms. The molecule has 0 aliphatic rings. The Morgan fingerprint density at radius 3 is 2.62 bits per heavy atom. The topological polar surface area (TPSA) is 108 Å². The molecule has 0 amide bonds. The number of aliphatic imine (C=N–C) groups is 1. The van der Waals surface area contributed by atoms with Crippen LogP contribution in [0.1, 0.15) is 15.6 Å². The smallest absolute Gasteiger partial charge is 0.242 e. The normalized spacial score (nSPS) is 11.7. The summed E-state index contributed by atoms with van der Waals surface area (Å²) < 4.78 is 26.7. The van der Waals surface area contributed by atoms with E-state index in [1.807, 2.05) is 13.8 Å². The maximum absolute atomic E-state index is 12.1. The molecule has 11 heteroatoms. The van der Waals surface area contributed by atoms with Gasteiger partial charge in [-0.2, -0.15) is 0 Å². The molecule has 0 aliphatic heterocycles. The van der Waals surface area contributed by atoms with E-state index in [4.69, 9.17) is 0 Å². The second-order valence-corrected chi connectivity index (χ2v) is 8.24. The number of hydrogen-bond donors (Lipinski definition) is 3. The lowest BCUT2D eigenvalue weighted by atomic mass is 10.4. The van der Waals surface area contributed by atoms with Gasteiger partial charge in [-0.1, -0.05) is 0 Å². The molecular weight excluding hydrogens is 487 g/mol. The van der Waals surface area contributed by atoms with Gasteiger partial charge in [0.25, 0.3) is 0 Å². The minimum absolute atomic E-state index is 0. The molecule has 2 aromatic rings. The fourth-order valence-corrected chi connectivity index (χ4v) is 3.95. The van der Waals surface area contributed by atoms with E-state index < -0.39 is 10.0 Å². The minimum Gasteiger partial charge on any atom is -0.355 e. The number of rotatable bonds is 7. The number of aryl methyl sites for hydroxylation is 2. The van der Waals surface area contributed by atoms with Crippen molar-refractivity contribution in [3.63, 3.8) is 0 Å². The molecule has 0 saturated carbocycles. The predicted octanol–water partition coefficient (Wildman–Crippen LogP) is 1.42. The molecule has 0 unspecified atom stereocenters. The largest absolute Gasteiger partial charge is 0.355 e. The molecule has 144 valence electrons. The Balaban J connectivity index is 0.00000338. The molecule has 2 rings (SSSR count). The van der Waals surface area contributed by atoms with E-state index in [-0.39, 0.29) is 35.4 Å². The van der Waals surface area contributed by atoms with E-state index in [9.17, 15) is 8.42 Å². The van der Waals surface area contributed by atoms with Crippen LogP contribution in [-0.2, 0) is 16.6 Å². The van der Waals surface area contributed by atoms with E-state index in [1.165, 1.54) is 18.5 Å². The Kier molecular flexibility index (Phi) is 9.39. The summed E-state index contributed by atoms with van der Waals surface area (Å²) in [6.07, 6.45) is 2.85. The van der Waals surface area contributed by atoms with Gasteiger partial charge in [-0.3, -0.25) is 9.98 Å². The highest BCUT2D eigenvalue weighted by molar-refractivity contribution is 14.0. The third-order valence-electron chi connectivity index (χ3n) is 3.29. The fourth-order valence-electron chi connectivity index (χ4n) is 2.08. The second-order valence-electron chi connectivity index (χ2n) is 5.18. The van der Waals surface area contributed by atoms with Crippen molar-refractivity contribution in [3.8, 4) is 0 Å². The van der Waals surface area contributed by atoms with Gasteiger partial charge in [0.2, 0.25) is 10.0 Å². The highest BCUT2D eigenvalue weighted by atomic mass is 127. The highest BCUT2D eigenvalue weighted by Crippen LogP contribution is 2.16. The molecule has 0 aromatic carbocycles. The third kappa shape index (κ3) is 6.78. The van der Waals surface area contributed by atoms with Crippen molar-refractivity contribution in [1.82, 2.24) is 25.3 Å². The molecule has 8 nitrogen and oxygen atoms in total. The molecule has 0 radical (unpaired) electrons. The molecule has 0 atom stereocenters. The standard InChI is InChI=1S/C15H22N6O2S2.HI/c1-11-14(24-12(2)21-11)10-19-15(16-3)18-7-8-20-25(22,23)13-5-4-6-17-9-13;/h4-6,9,20H,7-8,10H2,1-3H3,(H2,16,18,19);1H. The Bertz CT molecular complexity index is 824. The van der Waals surface area contributed by atoms with Crippen molar-refractivity contribution in [2.45, 2.75) is 25.3 Å². The van der Waals surface area contributed by atoms with E-state index >= 15 is 0 Å². The summed E-state index contributed by atoms with van der Waals surface area (Å²) in [6.45, 7) is 5.21. The number of guanidine groups is 1. The maximum Gasteiger partial charge on any atom is 0.242 e. The zero-order valence-corrected chi connectivity index (χ0v) is 18.8. The average molecular weight is 510 g/mol. The molecule has 0 aliphatic carbocycles. The predicted molar refractivity (Wildman–Crippen MR) is 115 cm³/mol. The SMILES string of the molecule is CN=C(NCCNS(=O)(=O)c1cccnc1)NCc1sc(C)nc1C.I. The first-order valence-electron chi connectivity index (χ1n) is 7.69. The first-order chi connectivity index (χ1) is 11.9. The summed E-state index contributed by atoms with van der Waals surface area (Å²) in [4.78, 5) is 13.6. The number of sulfonamides is 1. The Morgan fingerprint density at radius 2 is 2.04 bits per heavy atom. The van der Waals surface area contributed by atoms with Crippen LogP contribution < -0.4 is 15.4 Å². The van der Waals surface area contributed by atoms with Gasteiger partial charge in [0, 0.05) is 37.4 Å². The molecule has 2 aromatic heterocycles. The van der Waals surface area contributed by atoms with Crippen LogP contribution in [0.3, 0.4) is 0 Å². The summed E-state index contributed by atoms with van der Waals surface area (Å²) >= 11 is 1.64. The van der Waals surface area contributed by atoms with Crippen LogP contribution in [0, 0.1) is 13.8 Å². The molecule has 3 N–H and O–H groups in total. The van der Waals surface area contributed by atoms with Crippen LogP contribution in [0.5, 0.6) is 0 Å². The summed E-state index contributed by atoms with van der Waals surface area (Å²) in [6, 6.07) is 3.09. The Morgan fingerprint density at radius 1 is 1.27 bits per heavy atom. The lowest BCUT2D eigenvalue weighted by Gasteiger charge is -2.12. The van der Waals surface area contributed by atoms with E-state index in [2.05, 4.69) is 30.3 Å². The Labute approximate surface area is 175 Å². The van der Waals surface area contributed by atoms with Gasteiger partial charge in [-0.25, -0.2) is 18.1 Å². The molecule has 0 fully saturated rings. The molecule has 0 saturated heterocycles. The highest BCUT2D eigenvalue weighted by Gasteiger charge is 2.12. The van der Waals surface area contributed by atoms with Crippen LogP contribution in [0.25, 0.3) is 0 Å². The molecular formula is C15H23IN6O2S2. The van der Waals surface area contributed by atoms with Gasteiger partial charge < -0.3 is 10.6 Å². The number of nitrogens with zero attached hydrogens (tertiary/aromatic N) is 3. The monoisotopic (exact) mass is 510 g/mol. The first kappa shape index (κ1) is 22.7. The number of pyridine rings is 1. The molecule has 2 heterocycles. The quantitative estimate of drug-likeness (QED) is 0.225. The summed E-state index contributed by atoms with van der Waals surface area (Å²) in [5.41, 5.74) is 1.01. The van der Waals surface area contributed by atoms with Crippen LogP contribution in [-0.4, -0.2) is 44.5 Å². The van der Waals surface area contributed by atoms with Crippen LogP contribution in [0.4, 0.5) is 0 Å². The number of aromatic nitrogens is 2. The number of thiazole rings is 1. The molecule has 26 heavy (non-hydrogen) atoms. The van der Waals surface area contributed by atoms with Crippen molar-refractivity contribution >= 4 is 51.3 Å². The van der Waals surface area contributed by atoms with Crippen LogP contribution >= 0.6 is 35.3 Å². The Hall–Kier alpha value is -1.31. The van der Waals surface area contributed by atoms with Crippen molar-refractivity contribution in [3.05, 3.63) is 40.1 Å². The van der Waals surface area contributed by atoms with Crippen molar-refractivity contribution in [1.29, 1.82) is 0 Å².